The summed E-state index contributed by atoms with van der Waals surface area (Å²) in [4.78, 5) is 12.5. The van der Waals surface area contributed by atoms with Crippen molar-refractivity contribution in [3.05, 3.63) is 28.2 Å². The standard InChI is InChI=1S/C17H22BrNO2/c1-10(14-8-11-3-4-12(14)7-11)19-17(20)15-9-13(21-2)5-6-16(15)18/h5-6,9-12,14H,3-4,7-8H2,1-2H3,(H,19,20)/t10-,11-,12-,14-/m1/s1. The van der Waals surface area contributed by atoms with Gasteiger partial charge in [0.05, 0.1) is 12.7 Å². The Morgan fingerprint density at radius 1 is 1.38 bits per heavy atom. The summed E-state index contributed by atoms with van der Waals surface area (Å²) in [5.41, 5.74) is 0.643. The van der Waals surface area contributed by atoms with E-state index in [2.05, 4.69) is 28.2 Å². The molecule has 1 amide bonds. The molecule has 3 rings (SSSR count). The van der Waals surface area contributed by atoms with Gasteiger partial charge in [-0.05, 0) is 78.1 Å². The van der Waals surface area contributed by atoms with E-state index in [1.54, 1.807) is 13.2 Å². The number of ether oxygens (including phenoxy) is 1. The van der Waals surface area contributed by atoms with Gasteiger partial charge in [-0.3, -0.25) is 4.79 Å². The molecule has 2 aliphatic carbocycles. The van der Waals surface area contributed by atoms with Crippen molar-refractivity contribution in [3.8, 4) is 5.75 Å². The zero-order chi connectivity index (χ0) is 15.0. The van der Waals surface area contributed by atoms with Crippen molar-refractivity contribution in [1.82, 2.24) is 5.32 Å². The molecule has 0 aromatic heterocycles. The highest BCUT2D eigenvalue weighted by molar-refractivity contribution is 9.10. The third kappa shape index (κ3) is 2.96. The van der Waals surface area contributed by atoms with Crippen LogP contribution in [-0.4, -0.2) is 19.1 Å². The molecule has 0 heterocycles. The van der Waals surface area contributed by atoms with Crippen molar-refractivity contribution in [3.63, 3.8) is 0 Å². The predicted octanol–water partition coefficient (Wildman–Crippen LogP) is 4.01. The van der Waals surface area contributed by atoms with Gasteiger partial charge in [-0.15, -0.1) is 0 Å². The van der Waals surface area contributed by atoms with Crippen LogP contribution in [0.2, 0.25) is 0 Å². The van der Waals surface area contributed by atoms with Crippen LogP contribution in [0.5, 0.6) is 5.75 Å². The quantitative estimate of drug-likeness (QED) is 0.889. The highest BCUT2D eigenvalue weighted by Gasteiger charge is 2.42. The molecule has 2 bridgehead atoms. The Kier molecular flexibility index (Phi) is 4.25. The maximum atomic E-state index is 12.5. The molecular weight excluding hydrogens is 330 g/mol. The van der Waals surface area contributed by atoms with E-state index in [9.17, 15) is 4.79 Å². The summed E-state index contributed by atoms with van der Waals surface area (Å²) in [6.07, 6.45) is 5.39. The molecule has 0 radical (unpaired) electrons. The van der Waals surface area contributed by atoms with Crippen molar-refractivity contribution in [2.45, 2.75) is 38.6 Å². The third-order valence-corrected chi connectivity index (χ3v) is 5.90. The number of rotatable bonds is 4. The summed E-state index contributed by atoms with van der Waals surface area (Å²) < 4.78 is 6.01. The van der Waals surface area contributed by atoms with Crippen LogP contribution in [0, 0.1) is 17.8 Å². The first-order valence-corrected chi connectivity index (χ1v) is 8.52. The van der Waals surface area contributed by atoms with E-state index in [-0.39, 0.29) is 11.9 Å². The Morgan fingerprint density at radius 2 is 2.19 bits per heavy atom. The van der Waals surface area contributed by atoms with Crippen LogP contribution in [0.3, 0.4) is 0 Å². The van der Waals surface area contributed by atoms with Gasteiger partial charge in [-0.25, -0.2) is 0 Å². The molecule has 2 fully saturated rings. The minimum atomic E-state index is -0.0175. The predicted molar refractivity (Wildman–Crippen MR) is 86.6 cm³/mol. The molecule has 21 heavy (non-hydrogen) atoms. The van der Waals surface area contributed by atoms with Gasteiger partial charge in [0.15, 0.2) is 0 Å². The lowest BCUT2D eigenvalue weighted by molar-refractivity contribution is 0.0914. The second-order valence-electron chi connectivity index (χ2n) is 6.45. The molecule has 4 atom stereocenters. The van der Waals surface area contributed by atoms with Crippen molar-refractivity contribution in [2.24, 2.45) is 17.8 Å². The lowest BCUT2D eigenvalue weighted by Crippen LogP contribution is -2.40. The van der Waals surface area contributed by atoms with Crippen LogP contribution in [0.4, 0.5) is 0 Å². The highest BCUT2D eigenvalue weighted by Crippen LogP contribution is 2.49. The number of carbonyl (C=O) groups excluding carboxylic acids is 1. The third-order valence-electron chi connectivity index (χ3n) is 5.21. The highest BCUT2D eigenvalue weighted by atomic mass is 79.9. The molecule has 0 aliphatic heterocycles. The number of fused-ring (bicyclic) bond motifs is 2. The lowest BCUT2D eigenvalue weighted by atomic mass is 9.84. The van der Waals surface area contributed by atoms with Crippen LogP contribution < -0.4 is 10.1 Å². The molecule has 3 nitrogen and oxygen atoms in total. The van der Waals surface area contributed by atoms with E-state index in [1.807, 2.05) is 12.1 Å². The molecule has 2 aliphatic rings. The summed E-state index contributed by atoms with van der Waals surface area (Å²) in [6, 6.07) is 5.73. The van der Waals surface area contributed by atoms with Gasteiger partial charge in [0, 0.05) is 10.5 Å². The summed E-state index contributed by atoms with van der Waals surface area (Å²) in [7, 11) is 1.61. The van der Waals surface area contributed by atoms with Crippen molar-refractivity contribution < 1.29 is 9.53 Å². The first-order valence-electron chi connectivity index (χ1n) is 7.73. The molecule has 114 valence electrons. The Hall–Kier alpha value is -1.03. The van der Waals surface area contributed by atoms with Crippen LogP contribution in [0.1, 0.15) is 43.0 Å². The lowest BCUT2D eigenvalue weighted by Gasteiger charge is -2.28. The fraction of sp³-hybridized carbons (Fsp3) is 0.588. The minimum Gasteiger partial charge on any atom is -0.497 e. The monoisotopic (exact) mass is 351 g/mol. The molecule has 0 spiro atoms. The SMILES string of the molecule is COc1ccc(Br)c(C(=O)N[C@H](C)[C@H]2C[C@@H]3CC[C@@H]2C3)c1. The number of amides is 1. The average molecular weight is 352 g/mol. The van der Waals surface area contributed by atoms with E-state index in [4.69, 9.17) is 4.74 Å². The van der Waals surface area contributed by atoms with Gasteiger partial charge in [0.2, 0.25) is 0 Å². The Morgan fingerprint density at radius 3 is 2.81 bits per heavy atom. The van der Waals surface area contributed by atoms with Gasteiger partial charge in [-0.1, -0.05) is 6.42 Å². The Bertz CT molecular complexity index is 546. The van der Waals surface area contributed by atoms with Crippen molar-refractivity contribution >= 4 is 21.8 Å². The van der Waals surface area contributed by atoms with E-state index >= 15 is 0 Å². The zero-order valence-electron chi connectivity index (χ0n) is 12.6. The van der Waals surface area contributed by atoms with Crippen LogP contribution in [0.25, 0.3) is 0 Å². The van der Waals surface area contributed by atoms with E-state index in [1.165, 1.54) is 25.7 Å². The first kappa shape index (κ1) is 14.9. The minimum absolute atomic E-state index is 0.0175. The van der Waals surface area contributed by atoms with E-state index in [0.29, 0.717) is 17.2 Å². The second-order valence-corrected chi connectivity index (χ2v) is 7.30. The van der Waals surface area contributed by atoms with Crippen molar-refractivity contribution in [2.75, 3.05) is 7.11 Å². The first-order chi connectivity index (χ1) is 10.1. The molecule has 0 unspecified atom stereocenters. The average Bonchev–Trinajstić information content (AvgIpc) is 3.10. The smallest absolute Gasteiger partial charge is 0.252 e. The molecule has 1 aromatic carbocycles. The summed E-state index contributed by atoms with van der Waals surface area (Å²) in [6.45, 7) is 2.15. The molecule has 1 aromatic rings. The normalized spacial score (nSPS) is 28.4. The molecular formula is C17H22BrNO2. The number of halogens is 1. The number of hydrogen-bond acceptors (Lipinski definition) is 2. The van der Waals surface area contributed by atoms with Crippen LogP contribution in [-0.2, 0) is 0 Å². The van der Waals surface area contributed by atoms with Gasteiger partial charge in [0.25, 0.3) is 5.91 Å². The largest absolute Gasteiger partial charge is 0.497 e. The number of hydrogen-bond donors (Lipinski definition) is 1. The molecule has 2 saturated carbocycles. The van der Waals surface area contributed by atoms with Gasteiger partial charge in [0.1, 0.15) is 5.75 Å². The zero-order valence-corrected chi connectivity index (χ0v) is 14.2. The van der Waals surface area contributed by atoms with Gasteiger partial charge in [-0.2, -0.15) is 0 Å². The molecule has 1 N–H and O–H groups in total. The maximum Gasteiger partial charge on any atom is 0.252 e. The van der Waals surface area contributed by atoms with E-state index < -0.39 is 0 Å². The van der Waals surface area contributed by atoms with Gasteiger partial charge >= 0.3 is 0 Å². The van der Waals surface area contributed by atoms with E-state index in [0.717, 1.165) is 16.3 Å². The van der Waals surface area contributed by atoms with Crippen LogP contribution in [0.15, 0.2) is 22.7 Å². The Balaban J connectivity index is 1.68. The fourth-order valence-electron chi connectivity index (χ4n) is 4.10. The second kappa shape index (κ2) is 5.99. The summed E-state index contributed by atoms with van der Waals surface area (Å²) in [5, 5.41) is 3.19. The number of carbonyl (C=O) groups is 1. The summed E-state index contributed by atoms with van der Waals surface area (Å²) in [5.74, 6) is 3.06. The Labute approximate surface area is 134 Å². The fourth-order valence-corrected chi connectivity index (χ4v) is 4.53. The molecule has 0 saturated heterocycles. The number of nitrogens with one attached hydrogen (secondary N) is 1. The molecule has 4 heteroatoms. The summed E-state index contributed by atoms with van der Waals surface area (Å²) >= 11 is 3.45. The number of methoxy groups -OCH3 is 1. The van der Waals surface area contributed by atoms with Crippen molar-refractivity contribution in [1.29, 1.82) is 0 Å². The van der Waals surface area contributed by atoms with Gasteiger partial charge < -0.3 is 10.1 Å². The maximum absolute atomic E-state index is 12.5. The number of benzene rings is 1. The van der Waals surface area contributed by atoms with Crippen LogP contribution >= 0.6 is 15.9 Å². The topological polar surface area (TPSA) is 38.3 Å².